The van der Waals surface area contributed by atoms with Gasteiger partial charge in [-0.25, -0.2) is 19.7 Å². The summed E-state index contributed by atoms with van der Waals surface area (Å²) in [6, 6.07) is 96.9. The topological polar surface area (TPSA) is 69.7 Å². The number of hydrogen-bond acceptors (Lipinski definition) is 5. The summed E-state index contributed by atoms with van der Waals surface area (Å²) in [5.74, 6) is 0.677. The Hall–Kier alpha value is -11.6. The number of fused-ring (bicyclic) bond motifs is 3. The van der Waals surface area contributed by atoms with Crippen LogP contribution in [0, 0.1) is 24.5 Å². The molecule has 0 radical (unpaired) electrons. The summed E-state index contributed by atoms with van der Waals surface area (Å²) in [5.41, 5.74) is 18.8. The monoisotopic (exact) mass is 1030 g/mol. The highest BCUT2D eigenvalue weighted by Crippen LogP contribution is 2.44. The zero-order valence-corrected chi connectivity index (χ0v) is 43.6. The van der Waals surface area contributed by atoms with Crippen molar-refractivity contribution in [3.8, 4) is 67.9 Å². The van der Waals surface area contributed by atoms with Crippen LogP contribution in [0.4, 0.5) is 45.5 Å². The van der Waals surface area contributed by atoms with Crippen molar-refractivity contribution in [3.05, 3.63) is 307 Å². The van der Waals surface area contributed by atoms with Crippen molar-refractivity contribution < 1.29 is 0 Å². The van der Waals surface area contributed by atoms with Gasteiger partial charge in [0, 0.05) is 67.3 Å². The van der Waals surface area contributed by atoms with E-state index < -0.39 is 0 Å². The van der Waals surface area contributed by atoms with Crippen molar-refractivity contribution in [2.24, 2.45) is 0 Å². The Morgan fingerprint density at radius 2 is 0.753 bits per heavy atom. The third-order valence-electron chi connectivity index (χ3n) is 14.7. The van der Waals surface area contributed by atoms with Crippen molar-refractivity contribution in [1.29, 1.82) is 5.26 Å². The maximum Gasteiger partial charge on any atom is 0.187 e. The third kappa shape index (κ3) is 9.57. The molecule has 0 fully saturated rings. The summed E-state index contributed by atoms with van der Waals surface area (Å²) < 4.78 is 2.25. The molecule has 2 heterocycles. The Morgan fingerprint density at radius 1 is 0.358 bits per heavy atom. The molecule has 0 bridgehead atoms. The molecule has 0 N–H and O–H groups in total. The zero-order chi connectivity index (χ0) is 54.7. The number of nitriles is 1. The first-order valence-electron chi connectivity index (χ1n) is 26.5. The standard InChI is InChI=1S/C73H46N8/c1-75-57-31-35-61(36-32-57)79(59-19-11-5-12-20-59)64-40-43-71-67(46-64)68-47-65(80(60-21-13-6-14-22-60)62-37-33-58(76-2)34-38-62)41-44-72(68)81(71)63-39-42-66(56(45-63)49-74)52-27-23-50(24-28-52)51-25-29-54(30-26-51)70-48-69(53-15-7-3-8-16-53)77-73(78-70)55-17-9-4-10-18-55/h3-48H. The lowest BCUT2D eigenvalue weighted by atomic mass is 9.96. The lowest BCUT2D eigenvalue weighted by Crippen LogP contribution is -2.09. The molecule has 0 amide bonds. The zero-order valence-electron chi connectivity index (χ0n) is 43.6. The molecular formula is C73H46N8. The van der Waals surface area contributed by atoms with Gasteiger partial charge in [0.2, 0.25) is 0 Å². The lowest BCUT2D eigenvalue weighted by molar-refractivity contribution is 1.17. The minimum Gasteiger partial charge on any atom is -0.311 e. The number of rotatable bonds is 12. The summed E-state index contributed by atoms with van der Waals surface area (Å²) >= 11 is 0. The molecule has 0 saturated carbocycles. The van der Waals surface area contributed by atoms with Gasteiger partial charge < -0.3 is 14.4 Å². The summed E-state index contributed by atoms with van der Waals surface area (Å²) in [4.78, 5) is 21.7. The first-order chi connectivity index (χ1) is 40.0. The van der Waals surface area contributed by atoms with E-state index in [1.54, 1.807) is 0 Å². The second-order valence-electron chi connectivity index (χ2n) is 19.5. The molecule has 0 spiro atoms. The van der Waals surface area contributed by atoms with Crippen LogP contribution in [0.2, 0.25) is 0 Å². The van der Waals surface area contributed by atoms with Gasteiger partial charge >= 0.3 is 0 Å². The van der Waals surface area contributed by atoms with Gasteiger partial charge in [-0.15, -0.1) is 0 Å². The average Bonchev–Trinajstić information content (AvgIpc) is 3.97. The minimum absolute atomic E-state index is 0.554. The average molecular weight is 1040 g/mol. The minimum atomic E-state index is 0.554. The predicted molar refractivity (Wildman–Crippen MR) is 330 cm³/mol. The summed E-state index contributed by atoms with van der Waals surface area (Å²) in [7, 11) is 0. The predicted octanol–water partition coefficient (Wildman–Crippen LogP) is 19.8. The maximum atomic E-state index is 10.9. The Bertz CT molecular complexity index is 4340. The van der Waals surface area contributed by atoms with Crippen molar-refractivity contribution in [1.82, 2.24) is 14.5 Å². The first kappa shape index (κ1) is 49.0. The first-order valence-corrected chi connectivity index (χ1v) is 26.5. The number of para-hydroxylation sites is 2. The van der Waals surface area contributed by atoms with Gasteiger partial charge in [-0.2, -0.15) is 5.26 Å². The Kier molecular flexibility index (Phi) is 12.9. The molecule has 8 nitrogen and oxygen atoms in total. The summed E-state index contributed by atoms with van der Waals surface area (Å²) in [6.45, 7) is 15.3. The van der Waals surface area contributed by atoms with E-state index in [4.69, 9.17) is 23.1 Å². The molecule has 378 valence electrons. The summed E-state index contributed by atoms with van der Waals surface area (Å²) in [5, 5.41) is 12.9. The van der Waals surface area contributed by atoms with E-state index in [0.717, 1.165) is 112 Å². The molecule has 13 aromatic rings. The van der Waals surface area contributed by atoms with E-state index in [1.807, 2.05) is 140 Å². The van der Waals surface area contributed by atoms with Crippen LogP contribution in [0.3, 0.4) is 0 Å². The van der Waals surface area contributed by atoms with Gasteiger partial charge in [0.05, 0.1) is 47.2 Å². The van der Waals surface area contributed by atoms with E-state index in [9.17, 15) is 5.26 Å². The second-order valence-corrected chi connectivity index (χ2v) is 19.5. The molecule has 0 aliphatic rings. The Morgan fingerprint density at radius 3 is 1.21 bits per heavy atom. The highest BCUT2D eigenvalue weighted by Gasteiger charge is 2.22. The molecule has 8 heteroatoms. The van der Waals surface area contributed by atoms with Crippen LogP contribution in [0.15, 0.2) is 279 Å². The smallest absolute Gasteiger partial charge is 0.187 e. The Balaban J connectivity index is 0.880. The number of aromatic nitrogens is 3. The number of anilines is 6. The highest BCUT2D eigenvalue weighted by molar-refractivity contribution is 6.12. The molecule has 0 aliphatic carbocycles. The van der Waals surface area contributed by atoms with Crippen molar-refractivity contribution in [2.75, 3.05) is 9.80 Å². The Labute approximate surface area is 469 Å². The quantitative estimate of drug-likeness (QED) is 0.114. The van der Waals surface area contributed by atoms with Crippen molar-refractivity contribution in [2.45, 2.75) is 0 Å². The molecule has 0 aliphatic heterocycles. The van der Waals surface area contributed by atoms with Gasteiger partial charge in [-0.3, -0.25) is 0 Å². The van der Waals surface area contributed by atoms with E-state index >= 15 is 0 Å². The van der Waals surface area contributed by atoms with Crippen molar-refractivity contribution >= 4 is 67.3 Å². The molecule has 11 aromatic carbocycles. The van der Waals surface area contributed by atoms with Crippen LogP contribution in [-0.4, -0.2) is 14.5 Å². The van der Waals surface area contributed by atoms with Gasteiger partial charge in [-0.1, -0.05) is 176 Å². The maximum absolute atomic E-state index is 10.9. The molecule has 0 saturated heterocycles. The van der Waals surface area contributed by atoms with Crippen LogP contribution >= 0.6 is 0 Å². The van der Waals surface area contributed by atoms with Crippen molar-refractivity contribution in [3.63, 3.8) is 0 Å². The number of nitrogens with zero attached hydrogens (tertiary/aromatic N) is 8. The van der Waals surface area contributed by atoms with Crippen LogP contribution in [0.1, 0.15) is 5.56 Å². The van der Waals surface area contributed by atoms with Gasteiger partial charge in [0.25, 0.3) is 0 Å². The third-order valence-corrected chi connectivity index (χ3v) is 14.7. The van der Waals surface area contributed by atoms with E-state index in [2.05, 4.69) is 170 Å². The molecule has 2 aromatic heterocycles. The molecule has 81 heavy (non-hydrogen) atoms. The highest BCUT2D eigenvalue weighted by atomic mass is 15.2. The van der Waals surface area contributed by atoms with Gasteiger partial charge in [0.1, 0.15) is 0 Å². The van der Waals surface area contributed by atoms with Crippen LogP contribution in [0.5, 0.6) is 0 Å². The lowest BCUT2D eigenvalue weighted by Gasteiger charge is -2.26. The van der Waals surface area contributed by atoms with Crippen LogP contribution in [0.25, 0.3) is 93.3 Å². The second kappa shape index (κ2) is 21.4. The fourth-order valence-electron chi connectivity index (χ4n) is 10.7. The van der Waals surface area contributed by atoms with E-state index in [-0.39, 0.29) is 0 Å². The largest absolute Gasteiger partial charge is 0.311 e. The summed E-state index contributed by atoms with van der Waals surface area (Å²) in [6.07, 6.45) is 0. The van der Waals surface area contributed by atoms with E-state index in [1.165, 1.54) is 0 Å². The van der Waals surface area contributed by atoms with Crippen LogP contribution in [-0.2, 0) is 0 Å². The van der Waals surface area contributed by atoms with Gasteiger partial charge in [0.15, 0.2) is 17.2 Å². The fraction of sp³-hybridized carbons (Fsp3) is 0. The van der Waals surface area contributed by atoms with Gasteiger partial charge in [-0.05, 0) is 125 Å². The fourth-order valence-corrected chi connectivity index (χ4v) is 10.7. The molecule has 13 rings (SSSR count). The molecule has 0 atom stereocenters. The molecular weight excluding hydrogens is 989 g/mol. The number of hydrogen-bond donors (Lipinski definition) is 0. The van der Waals surface area contributed by atoms with Crippen LogP contribution < -0.4 is 9.80 Å². The molecule has 0 unspecified atom stereocenters. The normalized spacial score (nSPS) is 10.9. The van der Waals surface area contributed by atoms with E-state index in [0.29, 0.717) is 22.8 Å². The SMILES string of the molecule is [C-]#[N+]c1ccc(N(c2ccccc2)c2ccc3c(c2)c2cc(N(c4ccccc4)c4ccc([N+]#[C-])cc4)ccc2n3-c2ccc(-c3ccc(-c4ccc(-c5cc(-c6ccccc6)nc(-c6ccccc6)n5)cc4)cc3)c(C#N)c2)cc1. The number of benzene rings is 11.